The van der Waals surface area contributed by atoms with Gasteiger partial charge in [0.25, 0.3) is 0 Å². The Balaban J connectivity index is 2.56. The third-order valence-electron chi connectivity index (χ3n) is 3.54. The molecule has 1 aromatic rings. The van der Waals surface area contributed by atoms with Crippen LogP contribution in [0, 0.1) is 0 Å². The van der Waals surface area contributed by atoms with Crippen LogP contribution in [0.15, 0.2) is 24.3 Å². The van der Waals surface area contributed by atoms with Crippen molar-refractivity contribution in [1.82, 2.24) is 0 Å². The molecule has 0 bridgehead atoms. The van der Waals surface area contributed by atoms with Gasteiger partial charge in [-0.05, 0) is 35.0 Å². The minimum absolute atomic E-state index is 0.263. The van der Waals surface area contributed by atoms with Gasteiger partial charge in [0.1, 0.15) is 18.3 Å². The molecule has 0 aromatic heterocycles. The molecule has 0 amide bonds. The summed E-state index contributed by atoms with van der Waals surface area (Å²) in [7, 11) is -0.819. The highest BCUT2D eigenvalue weighted by Gasteiger charge is 2.28. The summed E-state index contributed by atoms with van der Waals surface area (Å²) in [5, 5.41) is 0. The molecule has 0 unspecified atom stereocenters. The molecule has 0 aliphatic carbocycles. The third kappa shape index (κ3) is 5.08. The van der Waals surface area contributed by atoms with E-state index in [0.29, 0.717) is 6.61 Å². The van der Waals surface area contributed by atoms with Gasteiger partial charge in [-0.3, -0.25) is 4.79 Å². The molecule has 0 spiro atoms. The molecule has 0 heterocycles. The van der Waals surface area contributed by atoms with Crippen molar-refractivity contribution < 1.29 is 14.3 Å². The summed E-state index contributed by atoms with van der Waals surface area (Å²) >= 11 is 0. The molecule has 3 nitrogen and oxygen atoms in total. The van der Waals surface area contributed by atoms with E-state index < -0.39 is 10.0 Å². The molecule has 0 radical (unpaired) electrons. The Morgan fingerprint density at radius 2 is 1.70 bits per heavy atom. The predicted octanol–water partition coefficient (Wildman–Crippen LogP) is 3.95. The van der Waals surface area contributed by atoms with Crippen LogP contribution in [-0.4, -0.2) is 29.2 Å². The highest BCUT2D eigenvalue weighted by Crippen LogP contribution is 2.52. The molecule has 0 N–H and O–H groups in total. The summed E-state index contributed by atoms with van der Waals surface area (Å²) < 4.78 is 11.1. The summed E-state index contributed by atoms with van der Waals surface area (Å²) in [6.07, 6.45) is 4.59. The molecule has 0 aliphatic heterocycles. The minimum atomic E-state index is -0.819. The van der Waals surface area contributed by atoms with Crippen molar-refractivity contribution in [3.05, 3.63) is 29.8 Å². The second-order valence-electron chi connectivity index (χ2n) is 6.34. The Labute approximate surface area is 124 Å². The highest BCUT2D eigenvalue weighted by atomic mass is 32.3. The lowest BCUT2D eigenvalue weighted by Crippen LogP contribution is -2.27. The van der Waals surface area contributed by atoms with Crippen LogP contribution in [0.1, 0.15) is 33.3 Å². The Kier molecular flexibility index (Phi) is 5.51. The van der Waals surface area contributed by atoms with Gasteiger partial charge >= 0.3 is 5.97 Å². The molecule has 20 heavy (non-hydrogen) atoms. The number of carbonyl (C=O) groups excluding carboxylic acids is 1. The van der Waals surface area contributed by atoms with Crippen molar-refractivity contribution in [1.29, 1.82) is 0 Å². The third-order valence-corrected chi connectivity index (χ3v) is 7.57. The number of benzene rings is 1. The van der Waals surface area contributed by atoms with E-state index in [1.165, 1.54) is 6.92 Å². The Hall–Kier alpha value is -1.16. The Morgan fingerprint density at radius 3 is 2.15 bits per heavy atom. The average molecular weight is 298 g/mol. The molecule has 0 atom stereocenters. The van der Waals surface area contributed by atoms with E-state index in [9.17, 15) is 4.79 Å². The molecule has 4 heteroatoms. The summed E-state index contributed by atoms with van der Waals surface area (Å²) in [6, 6.07) is 7.71. The zero-order chi connectivity index (χ0) is 15.4. The molecule has 0 saturated carbocycles. The van der Waals surface area contributed by atoms with Crippen LogP contribution < -0.4 is 4.74 Å². The van der Waals surface area contributed by atoms with Gasteiger partial charge in [0.15, 0.2) is 0 Å². The molecule has 1 rings (SSSR count). The first-order valence-electron chi connectivity index (χ1n) is 6.67. The van der Waals surface area contributed by atoms with Gasteiger partial charge in [-0.25, -0.2) is 10.0 Å². The van der Waals surface area contributed by atoms with Crippen molar-refractivity contribution in [2.24, 2.45) is 0 Å². The zero-order valence-corrected chi connectivity index (χ0v) is 14.2. The van der Waals surface area contributed by atoms with Crippen molar-refractivity contribution in [2.45, 2.75) is 39.0 Å². The van der Waals surface area contributed by atoms with Gasteiger partial charge in [-0.15, -0.1) is 0 Å². The van der Waals surface area contributed by atoms with Gasteiger partial charge in [0, 0.05) is 6.92 Å². The van der Waals surface area contributed by atoms with Crippen molar-refractivity contribution in [3.8, 4) is 5.75 Å². The highest BCUT2D eigenvalue weighted by molar-refractivity contribution is 8.33. The lowest BCUT2D eigenvalue weighted by molar-refractivity contribution is -0.142. The molecular formula is C16H26O3S. The summed E-state index contributed by atoms with van der Waals surface area (Å²) in [5.41, 5.74) is 0.968. The number of hydrogen-bond acceptors (Lipinski definition) is 3. The van der Waals surface area contributed by atoms with Crippen LogP contribution in [0.3, 0.4) is 0 Å². The van der Waals surface area contributed by atoms with Gasteiger partial charge < -0.3 is 9.47 Å². The normalized spacial score (nSPS) is 12.9. The fourth-order valence-electron chi connectivity index (χ4n) is 1.26. The topological polar surface area (TPSA) is 35.5 Å². The summed E-state index contributed by atoms with van der Waals surface area (Å²) in [4.78, 5) is 10.7. The maximum atomic E-state index is 10.7. The van der Waals surface area contributed by atoms with Gasteiger partial charge in [0.05, 0.1) is 0 Å². The van der Waals surface area contributed by atoms with Crippen LogP contribution in [-0.2, 0) is 16.1 Å². The van der Waals surface area contributed by atoms with Crippen LogP contribution in [0.25, 0.3) is 0 Å². The van der Waals surface area contributed by atoms with Crippen LogP contribution >= 0.6 is 10.0 Å². The van der Waals surface area contributed by atoms with Crippen LogP contribution in [0.2, 0.25) is 0 Å². The van der Waals surface area contributed by atoms with Crippen LogP contribution in [0.5, 0.6) is 5.75 Å². The Bertz CT molecular complexity index is 444. The van der Waals surface area contributed by atoms with Crippen molar-refractivity contribution in [3.63, 3.8) is 0 Å². The fraction of sp³-hybridized carbons (Fsp3) is 0.562. The maximum Gasteiger partial charge on any atom is 0.302 e. The first kappa shape index (κ1) is 16.9. The van der Waals surface area contributed by atoms with E-state index in [2.05, 4.69) is 33.3 Å². The zero-order valence-electron chi connectivity index (χ0n) is 13.4. The lowest BCUT2D eigenvalue weighted by atomic mass is 10.2. The standard InChI is InChI=1S/C16H26O3S/c1-13(17)18-11-14-7-9-15(10-8-14)19-12-20(5,6)16(2,3)4/h7-10H,11-12H2,1-6H3. The lowest BCUT2D eigenvalue weighted by Gasteiger charge is -2.43. The number of rotatable bonds is 5. The Morgan fingerprint density at radius 1 is 1.15 bits per heavy atom. The molecule has 0 saturated heterocycles. The molecular weight excluding hydrogens is 272 g/mol. The van der Waals surface area contributed by atoms with Crippen molar-refractivity contribution in [2.75, 3.05) is 18.5 Å². The van der Waals surface area contributed by atoms with Gasteiger partial charge in [-0.2, -0.15) is 0 Å². The van der Waals surface area contributed by atoms with Gasteiger partial charge in [-0.1, -0.05) is 32.9 Å². The van der Waals surface area contributed by atoms with Crippen molar-refractivity contribution >= 4 is 16.0 Å². The predicted molar refractivity (Wildman–Crippen MR) is 86.6 cm³/mol. The number of carbonyl (C=O) groups is 1. The molecule has 0 aliphatic rings. The number of esters is 1. The van der Waals surface area contributed by atoms with E-state index in [4.69, 9.17) is 9.47 Å². The van der Waals surface area contributed by atoms with E-state index >= 15 is 0 Å². The number of ether oxygens (including phenoxy) is 2. The van der Waals surface area contributed by atoms with E-state index in [0.717, 1.165) is 17.3 Å². The summed E-state index contributed by atoms with van der Waals surface area (Å²) in [5.74, 6) is 1.35. The van der Waals surface area contributed by atoms with Gasteiger partial charge in [0.2, 0.25) is 0 Å². The minimum Gasteiger partial charge on any atom is -0.484 e. The second-order valence-corrected chi connectivity index (χ2v) is 10.9. The number of hydrogen-bond donors (Lipinski definition) is 0. The first-order chi connectivity index (χ1) is 9.12. The van der Waals surface area contributed by atoms with E-state index in [1.807, 2.05) is 24.3 Å². The largest absolute Gasteiger partial charge is 0.484 e. The first-order valence-corrected chi connectivity index (χ1v) is 9.29. The van der Waals surface area contributed by atoms with E-state index in [-0.39, 0.29) is 10.7 Å². The van der Waals surface area contributed by atoms with Crippen LogP contribution in [0.4, 0.5) is 0 Å². The fourth-order valence-corrected chi connectivity index (χ4v) is 2.04. The second kappa shape index (κ2) is 6.53. The average Bonchev–Trinajstić information content (AvgIpc) is 2.34. The molecule has 1 aromatic carbocycles. The molecule has 114 valence electrons. The summed E-state index contributed by atoms with van der Waals surface area (Å²) in [6.45, 7) is 8.50. The van der Waals surface area contributed by atoms with E-state index in [1.54, 1.807) is 0 Å². The maximum absolute atomic E-state index is 10.7. The quantitative estimate of drug-likeness (QED) is 0.772. The molecule has 0 fully saturated rings. The SMILES string of the molecule is CC(=O)OCc1ccc(OCS(C)(C)C(C)(C)C)cc1. The monoisotopic (exact) mass is 298 g/mol. The smallest absolute Gasteiger partial charge is 0.302 e.